The van der Waals surface area contributed by atoms with Crippen LogP contribution in [-0.4, -0.2) is 26.4 Å². The summed E-state index contributed by atoms with van der Waals surface area (Å²) in [5.41, 5.74) is 0.0778. The van der Waals surface area contributed by atoms with E-state index in [0.29, 0.717) is 5.56 Å². The van der Waals surface area contributed by atoms with Crippen molar-refractivity contribution in [1.29, 1.82) is 0 Å². The number of alkyl halides is 3. The lowest BCUT2D eigenvalue weighted by atomic mass is 10.1. The molecule has 0 saturated heterocycles. The fourth-order valence-corrected chi connectivity index (χ4v) is 1.67. The zero-order valence-corrected chi connectivity index (χ0v) is 13.1. The van der Waals surface area contributed by atoms with E-state index in [0.717, 1.165) is 0 Å². The second kappa shape index (κ2) is 6.27. The highest BCUT2D eigenvalue weighted by Crippen LogP contribution is 2.30. The molecule has 0 radical (unpaired) electrons. The van der Waals surface area contributed by atoms with Crippen LogP contribution in [0.3, 0.4) is 0 Å². The number of rotatable bonds is 3. The minimum absolute atomic E-state index is 0.323. The van der Waals surface area contributed by atoms with Gasteiger partial charge in [0.15, 0.2) is 0 Å². The number of nitrogens with zero attached hydrogens (tertiary/aromatic N) is 1. The third-order valence-electron chi connectivity index (χ3n) is 2.10. The molecule has 0 fully saturated rings. The normalized spacial score (nSPS) is 14.0. The van der Waals surface area contributed by atoms with Gasteiger partial charge in [-0.1, -0.05) is 34.8 Å². The third-order valence-corrected chi connectivity index (χ3v) is 2.76. The van der Waals surface area contributed by atoms with Crippen LogP contribution in [0.4, 0.5) is 0 Å². The SMILES string of the molecule is CC(C)(C)NC(NC(=O)c1cccnc1)C(Cl)(Cl)Cl. The third kappa shape index (κ3) is 5.95. The Labute approximate surface area is 127 Å². The Morgan fingerprint density at radius 2 is 1.95 bits per heavy atom. The number of nitrogens with one attached hydrogen (secondary N) is 2. The first-order chi connectivity index (χ1) is 8.59. The van der Waals surface area contributed by atoms with Crippen molar-refractivity contribution in [2.75, 3.05) is 0 Å². The molecule has 106 valence electrons. The van der Waals surface area contributed by atoms with Crippen LogP contribution < -0.4 is 10.6 Å². The molecule has 0 aliphatic carbocycles. The van der Waals surface area contributed by atoms with Gasteiger partial charge in [0.05, 0.1) is 5.56 Å². The molecule has 0 spiro atoms. The molecule has 0 aromatic carbocycles. The van der Waals surface area contributed by atoms with Crippen LogP contribution >= 0.6 is 34.8 Å². The predicted octanol–water partition coefficient (Wildman–Crippen LogP) is 2.90. The highest BCUT2D eigenvalue weighted by molar-refractivity contribution is 6.68. The standard InChI is InChI=1S/C12H16Cl3N3O/c1-11(2,3)18-10(12(13,14)15)17-9(19)8-5-4-6-16-7-8/h4-7,10,18H,1-3H3,(H,17,19). The first-order valence-corrected chi connectivity index (χ1v) is 6.78. The van der Waals surface area contributed by atoms with Gasteiger partial charge in [-0.2, -0.15) is 0 Å². The molecule has 1 heterocycles. The Morgan fingerprint density at radius 1 is 1.32 bits per heavy atom. The average molecular weight is 325 g/mol. The first kappa shape index (κ1) is 16.5. The predicted molar refractivity (Wildman–Crippen MR) is 78.7 cm³/mol. The summed E-state index contributed by atoms with van der Waals surface area (Å²) in [6.07, 6.45) is 2.21. The van der Waals surface area contributed by atoms with Crippen LogP contribution in [0.5, 0.6) is 0 Å². The maximum atomic E-state index is 12.0. The number of halogens is 3. The highest BCUT2D eigenvalue weighted by atomic mass is 35.6. The largest absolute Gasteiger partial charge is 0.333 e. The summed E-state index contributed by atoms with van der Waals surface area (Å²) in [6.45, 7) is 5.73. The molecule has 1 amide bonds. The number of aromatic nitrogens is 1. The molecule has 4 nitrogen and oxygen atoms in total. The molecule has 1 aromatic heterocycles. The van der Waals surface area contributed by atoms with Gasteiger partial charge in [0.1, 0.15) is 6.17 Å². The van der Waals surface area contributed by atoms with Crippen molar-refractivity contribution in [1.82, 2.24) is 15.6 Å². The van der Waals surface area contributed by atoms with E-state index in [1.54, 1.807) is 18.3 Å². The molecule has 1 rings (SSSR count). The topological polar surface area (TPSA) is 54.0 Å². The summed E-state index contributed by atoms with van der Waals surface area (Å²) >= 11 is 17.6. The molecule has 7 heteroatoms. The first-order valence-electron chi connectivity index (χ1n) is 5.65. The van der Waals surface area contributed by atoms with E-state index in [4.69, 9.17) is 34.8 Å². The lowest BCUT2D eigenvalue weighted by Gasteiger charge is -2.33. The van der Waals surface area contributed by atoms with Gasteiger partial charge >= 0.3 is 0 Å². The van der Waals surface area contributed by atoms with Gasteiger partial charge in [-0.05, 0) is 32.9 Å². The van der Waals surface area contributed by atoms with Crippen molar-refractivity contribution >= 4 is 40.7 Å². The Balaban J connectivity index is 2.82. The fourth-order valence-electron chi connectivity index (χ4n) is 1.34. The quantitative estimate of drug-likeness (QED) is 0.664. The number of hydrogen-bond acceptors (Lipinski definition) is 3. The lowest BCUT2D eigenvalue weighted by molar-refractivity contribution is 0.0922. The van der Waals surface area contributed by atoms with Crippen molar-refractivity contribution < 1.29 is 4.79 Å². The Morgan fingerprint density at radius 3 is 2.37 bits per heavy atom. The van der Waals surface area contributed by atoms with Crippen LogP contribution in [0, 0.1) is 0 Å². The van der Waals surface area contributed by atoms with Gasteiger partial charge in [0, 0.05) is 17.9 Å². The zero-order valence-electron chi connectivity index (χ0n) is 10.9. The molecule has 1 aromatic rings. The van der Waals surface area contributed by atoms with E-state index in [9.17, 15) is 4.79 Å². The van der Waals surface area contributed by atoms with Gasteiger partial charge in [0.2, 0.25) is 3.79 Å². The van der Waals surface area contributed by atoms with Crippen LogP contribution in [0.1, 0.15) is 31.1 Å². The summed E-state index contributed by atoms with van der Waals surface area (Å²) in [7, 11) is 0. The van der Waals surface area contributed by atoms with Gasteiger partial charge in [-0.15, -0.1) is 0 Å². The number of hydrogen-bond donors (Lipinski definition) is 2. The van der Waals surface area contributed by atoms with Crippen molar-refractivity contribution in [3.8, 4) is 0 Å². The highest BCUT2D eigenvalue weighted by Gasteiger charge is 2.36. The molecular weight excluding hydrogens is 309 g/mol. The van der Waals surface area contributed by atoms with Crippen molar-refractivity contribution in [3.05, 3.63) is 30.1 Å². The van der Waals surface area contributed by atoms with E-state index in [1.165, 1.54) is 6.20 Å². The van der Waals surface area contributed by atoms with E-state index in [-0.39, 0.29) is 11.4 Å². The van der Waals surface area contributed by atoms with Crippen LogP contribution in [0.15, 0.2) is 24.5 Å². The van der Waals surface area contributed by atoms with Gasteiger partial charge < -0.3 is 5.32 Å². The smallest absolute Gasteiger partial charge is 0.254 e. The van der Waals surface area contributed by atoms with E-state index in [2.05, 4.69) is 15.6 Å². The van der Waals surface area contributed by atoms with Gasteiger partial charge in [-0.25, -0.2) is 0 Å². The van der Waals surface area contributed by atoms with E-state index >= 15 is 0 Å². The maximum absolute atomic E-state index is 12.0. The summed E-state index contributed by atoms with van der Waals surface area (Å²) in [5, 5.41) is 5.69. The van der Waals surface area contributed by atoms with Crippen LogP contribution in [0.2, 0.25) is 0 Å². The van der Waals surface area contributed by atoms with E-state index in [1.807, 2.05) is 20.8 Å². The summed E-state index contributed by atoms with van der Waals surface area (Å²) in [6, 6.07) is 3.30. The van der Waals surface area contributed by atoms with Gasteiger partial charge in [-0.3, -0.25) is 15.1 Å². The number of carbonyl (C=O) groups excluding carboxylic acids is 1. The summed E-state index contributed by atoms with van der Waals surface area (Å²) < 4.78 is -1.66. The van der Waals surface area contributed by atoms with Gasteiger partial charge in [0.25, 0.3) is 5.91 Å². The molecule has 0 aliphatic heterocycles. The molecular formula is C12H16Cl3N3O. The molecule has 2 N–H and O–H groups in total. The average Bonchev–Trinajstić information content (AvgIpc) is 2.26. The molecule has 1 atom stereocenters. The second-order valence-corrected chi connectivity index (χ2v) is 7.45. The molecule has 0 aliphatic rings. The summed E-state index contributed by atoms with van der Waals surface area (Å²) in [5.74, 6) is -0.360. The van der Waals surface area contributed by atoms with Crippen molar-refractivity contribution in [2.45, 2.75) is 36.3 Å². The number of pyridine rings is 1. The molecule has 0 saturated carbocycles. The molecule has 19 heavy (non-hydrogen) atoms. The minimum atomic E-state index is -1.66. The van der Waals surface area contributed by atoms with E-state index < -0.39 is 9.96 Å². The minimum Gasteiger partial charge on any atom is -0.333 e. The van der Waals surface area contributed by atoms with Crippen molar-refractivity contribution in [3.63, 3.8) is 0 Å². The summed E-state index contributed by atoms with van der Waals surface area (Å²) in [4.78, 5) is 15.9. The molecule has 1 unspecified atom stereocenters. The number of amides is 1. The maximum Gasteiger partial charge on any atom is 0.254 e. The Bertz CT molecular complexity index is 426. The molecule has 0 bridgehead atoms. The van der Waals surface area contributed by atoms with Crippen LogP contribution in [-0.2, 0) is 0 Å². The number of carbonyl (C=O) groups is 1. The monoisotopic (exact) mass is 323 g/mol. The Kier molecular flexibility index (Phi) is 5.44. The lowest BCUT2D eigenvalue weighted by Crippen LogP contribution is -2.58. The van der Waals surface area contributed by atoms with Crippen molar-refractivity contribution in [2.24, 2.45) is 0 Å². The van der Waals surface area contributed by atoms with Crippen LogP contribution in [0.25, 0.3) is 0 Å². The zero-order chi connectivity index (χ0) is 14.7. The fraction of sp³-hybridized carbons (Fsp3) is 0.500. The Hall–Kier alpha value is -0.550. The second-order valence-electron chi connectivity index (χ2n) is 5.08.